The number of hydrogen-bond donors (Lipinski definition) is 2. The minimum atomic E-state index is 0.0605. The summed E-state index contributed by atoms with van der Waals surface area (Å²) in [6.07, 6.45) is 0. The van der Waals surface area contributed by atoms with Crippen molar-refractivity contribution >= 4 is 23.0 Å². The van der Waals surface area contributed by atoms with E-state index in [1.165, 1.54) is 5.56 Å². The van der Waals surface area contributed by atoms with Crippen molar-refractivity contribution in [1.82, 2.24) is 5.32 Å². The van der Waals surface area contributed by atoms with Crippen LogP contribution < -0.4 is 20.1 Å². The number of rotatable bonds is 6. The zero-order valence-corrected chi connectivity index (χ0v) is 14.4. The zero-order chi connectivity index (χ0) is 16.7. The molecule has 0 aliphatic heterocycles. The summed E-state index contributed by atoms with van der Waals surface area (Å²) in [6, 6.07) is 15.7. The van der Waals surface area contributed by atoms with Gasteiger partial charge in [-0.15, -0.1) is 0 Å². The number of para-hydroxylation sites is 2. The molecular formula is C18H22N2O2S. The molecule has 5 heteroatoms. The molecular weight excluding hydrogens is 308 g/mol. The number of thiocarbonyl (C=S) groups is 1. The number of methoxy groups -OCH3 is 1. The highest BCUT2D eigenvalue weighted by atomic mass is 32.1. The van der Waals surface area contributed by atoms with Gasteiger partial charge in [-0.25, -0.2) is 0 Å². The van der Waals surface area contributed by atoms with Crippen LogP contribution in [0.3, 0.4) is 0 Å². The van der Waals surface area contributed by atoms with Crippen LogP contribution in [0.25, 0.3) is 0 Å². The van der Waals surface area contributed by atoms with Crippen LogP contribution >= 0.6 is 12.2 Å². The summed E-state index contributed by atoms with van der Waals surface area (Å²) in [5, 5.41) is 6.94. The van der Waals surface area contributed by atoms with Gasteiger partial charge in [0.1, 0.15) is 6.61 Å². The van der Waals surface area contributed by atoms with Gasteiger partial charge in [-0.1, -0.05) is 29.8 Å². The number of nitrogens with one attached hydrogen (secondary N) is 2. The Morgan fingerprint density at radius 1 is 1.09 bits per heavy atom. The SMILES string of the molecule is COc1ccccc1OC[C@@H](C)NC(=S)Nc1ccc(C)cc1. The van der Waals surface area contributed by atoms with Crippen LogP contribution in [0.2, 0.25) is 0 Å². The first-order valence-corrected chi connectivity index (χ1v) is 7.89. The minimum absolute atomic E-state index is 0.0605. The van der Waals surface area contributed by atoms with Crippen LogP contribution in [0.5, 0.6) is 11.5 Å². The standard InChI is InChI=1S/C18H22N2O2S/c1-13-8-10-15(11-9-13)20-18(23)19-14(2)12-22-17-7-5-4-6-16(17)21-3/h4-11,14H,12H2,1-3H3,(H2,19,20,23)/t14-/m1/s1. The summed E-state index contributed by atoms with van der Waals surface area (Å²) in [4.78, 5) is 0. The van der Waals surface area contributed by atoms with Crippen LogP contribution in [0.1, 0.15) is 12.5 Å². The molecule has 0 fully saturated rings. The van der Waals surface area contributed by atoms with Crippen molar-refractivity contribution in [2.75, 3.05) is 19.0 Å². The van der Waals surface area contributed by atoms with E-state index >= 15 is 0 Å². The maximum absolute atomic E-state index is 5.78. The van der Waals surface area contributed by atoms with Crippen molar-refractivity contribution in [2.24, 2.45) is 0 Å². The zero-order valence-electron chi connectivity index (χ0n) is 13.6. The van der Waals surface area contributed by atoms with Crippen LogP contribution in [0.15, 0.2) is 48.5 Å². The molecule has 0 radical (unpaired) electrons. The molecule has 0 spiro atoms. The molecule has 0 aliphatic rings. The molecule has 2 aromatic carbocycles. The Labute approximate surface area is 142 Å². The fourth-order valence-electron chi connectivity index (χ4n) is 2.02. The fourth-order valence-corrected chi connectivity index (χ4v) is 2.34. The summed E-state index contributed by atoms with van der Waals surface area (Å²) < 4.78 is 11.0. The van der Waals surface area contributed by atoms with E-state index in [1.807, 2.05) is 55.5 Å². The van der Waals surface area contributed by atoms with E-state index in [-0.39, 0.29) is 6.04 Å². The molecule has 4 nitrogen and oxygen atoms in total. The molecule has 1 atom stereocenters. The third kappa shape index (κ3) is 5.45. The van der Waals surface area contributed by atoms with Gasteiger partial charge in [0.2, 0.25) is 0 Å². The van der Waals surface area contributed by atoms with Gasteiger partial charge in [-0.3, -0.25) is 0 Å². The van der Waals surface area contributed by atoms with Gasteiger partial charge in [0.05, 0.1) is 13.2 Å². The van der Waals surface area contributed by atoms with Gasteiger partial charge >= 0.3 is 0 Å². The van der Waals surface area contributed by atoms with Gasteiger partial charge < -0.3 is 20.1 Å². The second-order valence-corrected chi connectivity index (χ2v) is 5.74. The van der Waals surface area contributed by atoms with E-state index < -0.39 is 0 Å². The number of anilines is 1. The molecule has 2 N–H and O–H groups in total. The Morgan fingerprint density at radius 3 is 2.39 bits per heavy atom. The Kier molecular flexibility index (Phi) is 6.23. The van der Waals surface area contributed by atoms with Crippen molar-refractivity contribution in [3.05, 3.63) is 54.1 Å². The van der Waals surface area contributed by atoms with Crippen LogP contribution in [-0.4, -0.2) is 24.9 Å². The molecule has 2 rings (SSSR count). The fraction of sp³-hybridized carbons (Fsp3) is 0.278. The van der Waals surface area contributed by atoms with E-state index in [0.717, 1.165) is 17.2 Å². The summed E-state index contributed by atoms with van der Waals surface area (Å²) in [5.74, 6) is 1.45. The molecule has 0 saturated carbocycles. The summed E-state index contributed by atoms with van der Waals surface area (Å²) >= 11 is 5.32. The van der Waals surface area contributed by atoms with Crippen molar-refractivity contribution in [3.8, 4) is 11.5 Å². The van der Waals surface area contributed by atoms with E-state index in [1.54, 1.807) is 7.11 Å². The molecule has 0 aliphatic carbocycles. The topological polar surface area (TPSA) is 42.5 Å². The van der Waals surface area contributed by atoms with Crippen molar-refractivity contribution in [3.63, 3.8) is 0 Å². The summed E-state index contributed by atoms with van der Waals surface area (Å²) in [7, 11) is 1.63. The lowest BCUT2D eigenvalue weighted by Gasteiger charge is -2.18. The predicted octanol–water partition coefficient (Wildman–Crippen LogP) is 3.76. The summed E-state index contributed by atoms with van der Waals surface area (Å²) in [5.41, 5.74) is 2.18. The molecule has 0 amide bonds. The molecule has 0 saturated heterocycles. The normalized spacial score (nSPS) is 11.4. The minimum Gasteiger partial charge on any atom is -0.493 e. The molecule has 122 valence electrons. The Balaban J connectivity index is 1.81. The molecule has 0 bridgehead atoms. The maximum Gasteiger partial charge on any atom is 0.171 e. The summed E-state index contributed by atoms with van der Waals surface area (Å²) in [6.45, 7) is 4.55. The Morgan fingerprint density at radius 2 is 1.74 bits per heavy atom. The van der Waals surface area contributed by atoms with Gasteiger partial charge in [0, 0.05) is 5.69 Å². The number of benzene rings is 2. The lowest BCUT2D eigenvalue weighted by Crippen LogP contribution is -2.39. The van der Waals surface area contributed by atoms with E-state index in [9.17, 15) is 0 Å². The van der Waals surface area contributed by atoms with Gasteiger partial charge in [0.15, 0.2) is 16.6 Å². The quantitative estimate of drug-likeness (QED) is 0.790. The molecule has 0 aromatic heterocycles. The highest BCUT2D eigenvalue weighted by molar-refractivity contribution is 7.80. The predicted molar refractivity (Wildman–Crippen MR) is 98.5 cm³/mol. The number of aryl methyl sites for hydroxylation is 1. The van der Waals surface area contributed by atoms with Gasteiger partial charge in [-0.2, -0.15) is 0 Å². The third-order valence-corrected chi connectivity index (χ3v) is 3.46. The first-order valence-electron chi connectivity index (χ1n) is 7.48. The second-order valence-electron chi connectivity index (χ2n) is 5.33. The van der Waals surface area contributed by atoms with E-state index in [4.69, 9.17) is 21.7 Å². The lowest BCUT2D eigenvalue weighted by molar-refractivity contribution is 0.270. The molecule has 0 heterocycles. The van der Waals surface area contributed by atoms with Crippen LogP contribution in [0, 0.1) is 6.92 Å². The highest BCUT2D eigenvalue weighted by Gasteiger charge is 2.08. The monoisotopic (exact) mass is 330 g/mol. The highest BCUT2D eigenvalue weighted by Crippen LogP contribution is 2.25. The number of ether oxygens (including phenoxy) is 2. The molecule has 23 heavy (non-hydrogen) atoms. The molecule has 2 aromatic rings. The van der Waals surface area contributed by atoms with Gasteiger partial charge in [0.25, 0.3) is 0 Å². The average molecular weight is 330 g/mol. The first-order chi connectivity index (χ1) is 11.1. The van der Waals surface area contributed by atoms with E-state index in [0.29, 0.717) is 11.7 Å². The number of hydrogen-bond acceptors (Lipinski definition) is 3. The molecule has 0 unspecified atom stereocenters. The van der Waals surface area contributed by atoms with Gasteiger partial charge in [-0.05, 0) is 50.3 Å². The van der Waals surface area contributed by atoms with Crippen molar-refractivity contribution < 1.29 is 9.47 Å². The smallest absolute Gasteiger partial charge is 0.171 e. The first kappa shape index (κ1) is 17.1. The average Bonchev–Trinajstić information content (AvgIpc) is 2.55. The largest absolute Gasteiger partial charge is 0.493 e. The second kappa shape index (κ2) is 8.39. The van der Waals surface area contributed by atoms with Crippen molar-refractivity contribution in [2.45, 2.75) is 19.9 Å². The maximum atomic E-state index is 5.78. The van der Waals surface area contributed by atoms with Crippen LogP contribution in [0.4, 0.5) is 5.69 Å². The van der Waals surface area contributed by atoms with E-state index in [2.05, 4.69) is 17.6 Å². The Hall–Kier alpha value is -2.27. The Bertz CT molecular complexity index is 644. The lowest BCUT2D eigenvalue weighted by atomic mass is 10.2. The van der Waals surface area contributed by atoms with Crippen LogP contribution in [-0.2, 0) is 0 Å². The third-order valence-electron chi connectivity index (χ3n) is 3.24. The van der Waals surface area contributed by atoms with Crippen molar-refractivity contribution in [1.29, 1.82) is 0 Å².